The van der Waals surface area contributed by atoms with Gasteiger partial charge in [0.25, 0.3) is 0 Å². The molecule has 1 rings (SSSR count). The standard InChI is InChI=1S/C19H29NO3Si/c1-14(2)24(15(3)4,16(5)6)11-10-17-8-9-18(12-20-17)23-13-19(21)22-7/h8-9,12,14-16H,13H2,1-7H3. The van der Waals surface area contributed by atoms with Gasteiger partial charge in [-0.25, -0.2) is 9.78 Å². The fourth-order valence-corrected chi connectivity index (χ4v) is 8.56. The highest BCUT2D eigenvalue weighted by atomic mass is 28.3. The minimum Gasteiger partial charge on any atom is -0.480 e. The van der Waals surface area contributed by atoms with Gasteiger partial charge >= 0.3 is 5.97 Å². The highest BCUT2D eigenvalue weighted by Crippen LogP contribution is 2.40. The van der Waals surface area contributed by atoms with E-state index in [-0.39, 0.29) is 6.61 Å². The Hall–Kier alpha value is -1.80. The van der Waals surface area contributed by atoms with E-state index in [1.54, 1.807) is 12.3 Å². The number of esters is 1. The van der Waals surface area contributed by atoms with Crippen LogP contribution in [-0.2, 0) is 9.53 Å². The second-order valence-corrected chi connectivity index (χ2v) is 12.5. The molecule has 1 aromatic heterocycles. The third kappa shape index (κ3) is 4.84. The Balaban J connectivity index is 2.96. The highest BCUT2D eigenvalue weighted by Gasteiger charge is 2.41. The van der Waals surface area contributed by atoms with Gasteiger partial charge in [-0.05, 0) is 28.8 Å². The molecule has 0 atom stereocenters. The predicted molar refractivity (Wildman–Crippen MR) is 99.7 cm³/mol. The normalized spacial score (nSPS) is 11.4. The number of pyridine rings is 1. The van der Waals surface area contributed by atoms with Gasteiger partial charge < -0.3 is 9.47 Å². The van der Waals surface area contributed by atoms with Gasteiger partial charge in [0.05, 0.1) is 13.3 Å². The van der Waals surface area contributed by atoms with Crippen molar-refractivity contribution in [3.63, 3.8) is 0 Å². The van der Waals surface area contributed by atoms with Crippen molar-refractivity contribution in [1.29, 1.82) is 0 Å². The Bertz CT molecular complexity index is 576. The lowest BCUT2D eigenvalue weighted by Gasteiger charge is -2.38. The lowest BCUT2D eigenvalue weighted by molar-refractivity contribution is -0.142. The molecule has 4 nitrogen and oxygen atoms in total. The van der Waals surface area contributed by atoms with Crippen LogP contribution in [0.25, 0.3) is 0 Å². The summed E-state index contributed by atoms with van der Waals surface area (Å²) in [5, 5.41) is 0. The largest absolute Gasteiger partial charge is 0.480 e. The van der Waals surface area contributed by atoms with Crippen molar-refractivity contribution in [1.82, 2.24) is 4.98 Å². The smallest absolute Gasteiger partial charge is 0.343 e. The molecule has 24 heavy (non-hydrogen) atoms. The van der Waals surface area contributed by atoms with E-state index >= 15 is 0 Å². The van der Waals surface area contributed by atoms with Gasteiger partial charge in [-0.3, -0.25) is 0 Å². The molecule has 0 fully saturated rings. The fourth-order valence-electron chi connectivity index (χ4n) is 3.35. The minimum absolute atomic E-state index is 0.118. The molecule has 0 aliphatic heterocycles. The van der Waals surface area contributed by atoms with E-state index < -0.39 is 14.0 Å². The zero-order chi connectivity index (χ0) is 18.3. The summed E-state index contributed by atoms with van der Waals surface area (Å²) in [5.74, 6) is 3.40. The van der Waals surface area contributed by atoms with Gasteiger partial charge in [0, 0.05) is 0 Å². The van der Waals surface area contributed by atoms with Crippen LogP contribution in [0.15, 0.2) is 18.3 Å². The fraction of sp³-hybridized carbons (Fsp3) is 0.579. The Morgan fingerprint density at radius 1 is 1.12 bits per heavy atom. The van der Waals surface area contributed by atoms with Crippen molar-refractivity contribution in [2.24, 2.45) is 0 Å². The summed E-state index contributed by atoms with van der Waals surface area (Å²) < 4.78 is 9.83. The van der Waals surface area contributed by atoms with E-state index in [1.807, 2.05) is 6.07 Å². The van der Waals surface area contributed by atoms with Gasteiger partial charge in [-0.15, -0.1) is 5.54 Å². The van der Waals surface area contributed by atoms with Gasteiger partial charge in [-0.1, -0.05) is 47.5 Å². The Kier molecular flexibility index (Phi) is 7.49. The van der Waals surface area contributed by atoms with Crippen LogP contribution >= 0.6 is 0 Å². The van der Waals surface area contributed by atoms with Crippen LogP contribution in [0, 0.1) is 11.5 Å². The summed E-state index contributed by atoms with van der Waals surface area (Å²) in [4.78, 5) is 15.4. The first-order valence-electron chi connectivity index (χ1n) is 8.42. The zero-order valence-corrected chi connectivity index (χ0v) is 16.8. The highest BCUT2D eigenvalue weighted by molar-refractivity contribution is 6.90. The van der Waals surface area contributed by atoms with Gasteiger partial charge in [-0.2, -0.15) is 0 Å². The molecule has 0 radical (unpaired) electrons. The molecular weight excluding hydrogens is 318 g/mol. The van der Waals surface area contributed by atoms with Crippen LogP contribution in [0.2, 0.25) is 16.6 Å². The van der Waals surface area contributed by atoms with Crippen molar-refractivity contribution in [3.05, 3.63) is 24.0 Å². The SMILES string of the molecule is COC(=O)COc1ccc(C#C[Si](C(C)C)(C(C)C)C(C)C)nc1. The van der Waals surface area contributed by atoms with Crippen LogP contribution in [0.4, 0.5) is 0 Å². The summed E-state index contributed by atoms with van der Waals surface area (Å²) in [5.41, 5.74) is 6.14. The van der Waals surface area contributed by atoms with Crippen molar-refractivity contribution in [2.45, 2.75) is 58.2 Å². The van der Waals surface area contributed by atoms with Crippen LogP contribution in [0.3, 0.4) is 0 Å². The second kappa shape index (κ2) is 8.88. The number of carbonyl (C=O) groups excluding carboxylic acids is 1. The molecule has 0 saturated heterocycles. The zero-order valence-electron chi connectivity index (χ0n) is 15.8. The molecule has 0 saturated carbocycles. The van der Waals surface area contributed by atoms with Crippen LogP contribution in [-0.4, -0.2) is 32.7 Å². The summed E-state index contributed by atoms with van der Waals surface area (Å²) in [6, 6.07) is 3.61. The molecule has 0 aliphatic rings. The van der Waals surface area contributed by atoms with E-state index in [2.05, 4.69) is 62.7 Å². The molecule has 1 aromatic rings. The number of aromatic nitrogens is 1. The summed E-state index contributed by atoms with van der Waals surface area (Å²) in [6.07, 6.45) is 1.59. The number of nitrogens with zero attached hydrogens (tertiary/aromatic N) is 1. The van der Waals surface area contributed by atoms with Crippen molar-refractivity contribution >= 4 is 14.0 Å². The van der Waals surface area contributed by atoms with Crippen molar-refractivity contribution < 1.29 is 14.3 Å². The van der Waals surface area contributed by atoms with Gasteiger partial charge in [0.2, 0.25) is 0 Å². The summed E-state index contributed by atoms with van der Waals surface area (Å²) >= 11 is 0. The lowest BCUT2D eigenvalue weighted by atomic mass is 10.3. The molecule has 1 heterocycles. The molecule has 0 amide bonds. The number of hydrogen-bond acceptors (Lipinski definition) is 4. The molecule has 5 heteroatoms. The second-order valence-electron chi connectivity index (χ2n) is 6.89. The number of hydrogen-bond donors (Lipinski definition) is 0. The first-order valence-corrected chi connectivity index (χ1v) is 10.7. The summed E-state index contributed by atoms with van der Waals surface area (Å²) in [6.45, 7) is 13.6. The maximum absolute atomic E-state index is 11.1. The first-order chi connectivity index (χ1) is 11.2. The Labute approximate surface area is 147 Å². The number of rotatable bonds is 6. The van der Waals surface area contributed by atoms with E-state index in [1.165, 1.54) is 7.11 Å². The average Bonchev–Trinajstić information content (AvgIpc) is 2.53. The predicted octanol–water partition coefficient (Wildman–Crippen LogP) is 4.20. The van der Waals surface area contributed by atoms with Crippen LogP contribution in [0.5, 0.6) is 5.75 Å². The lowest BCUT2D eigenvalue weighted by Crippen LogP contribution is -2.43. The topological polar surface area (TPSA) is 48.4 Å². The maximum atomic E-state index is 11.1. The monoisotopic (exact) mass is 347 g/mol. The van der Waals surface area contributed by atoms with Crippen LogP contribution in [0.1, 0.15) is 47.2 Å². The quantitative estimate of drug-likeness (QED) is 0.439. The van der Waals surface area contributed by atoms with E-state index in [4.69, 9.17) is 4.74 Å². The van der Waals surface area contributed by atoms with Crippen LogP contribution < -0.4 is 4.74 Å². The molecule has 0 N–H and O–H groups in total. The third-order valence-electron chi connectivity index (χ3n) is 4.59. The Morgan fingerprint density at radius 3 is 2.12 bits per heavy atom. The van der Waals surface area contributed by atoms with Gasteiger partial charge in [0.15, 0.2) is 6.61 Å². The molecule has 0 spiro atoms. The molecule has 0 aromatic carbocycles. The maximum Gasteiger partial charge on any atom is 0.343 e. The van der Waals surface area contributed by atoms with E-state index in [9.17, 15) is 4.79 Å². The molecular formula is C19H29NO3Si. The van der Waals surface area contributed by atoms with Crippen molar-refractivity contribution in [3.8, 4) is 17.2 Å². The van der Waals surface area contributed by atoms with Gasteiger partial charge in [0.1, 0.15) is 19.5 Å². The summed E-state index contributed by atoms with van der Waals surface area (Å²) in [7, 11) is -0.422. The number of ether oxygens (including phenoxy) is 2. The molecule has 0 unspecified atom stereocenters. The van der Waals surface area contributed by atoms with Crippen molar-refractivity contribution in [2.75, 3.05) is 13.7 Å². The van der Waals surface area contributed by atoms with E-state index in [0.29, 0.717) is 22.4 Å². The number of carbonyl (C=O) groups is 1. The molecule has 132 valence electrons. The molecule has 0 aliphatic carbocycles. The first kappa shape index (κ1) is 20.2. The number of methoxy groups -OCH3 is 1. The Morgan fingerprint density at radius 2 is 1.71 bits per heavy atom. The minimum atomic E-state index is -1.75. The average molecular weight is 348 g/mol. The third-order valence-corrected chi connectivity index (χ3v) is 10.9. The van der Waals surface area contributed by atoms with E-state index in [0.717, 1.165) is 5.69 Å². The molecule has 0 bridgehead atoms.